The number of amides is 1. The number of nitrogens with one attached hydrogen (secondary N) is 1. The number of hydrogen-bond donors (Lipinski definition) is 2. The molecule has 0 aliphatic heterocycles. The van der Waals surface area contributed by atoms with Crippen LogP contribution in [0.4, 0.5) is 5.69 Å². The molecule has 18 heavy (non-hydrogen) atoms. The van der Waals surface area contributed by atoms with Gasteiger partial charge in [0.2, 0.25) is 0 Å². The van der Waals surface area contributed by atoms with Gasteiger partial charge < -0.3 is 11.1 Å². The third-order valence-corrected chi connectivity index (χ3v) is 4.47. The summed E-state index contributed by atoms with van der Waals surface area (Å²) in [5.74, 6) is -0.0198. The van der Waals surface area contributed by atoms with Gasteiger partial charge in [-0.25, -0.2) is 0 Å². The van der Waals surface area contributed by atoms with Crippen LogP contribution >= 0.6 is 12.4 Å². The topological polar surface area (TPSA) is 55.1 Å². The van der Waals surface area contributed by atoms with Gasteiger partial charge in [-0.1, -0.05) is 27.7 Å². The summed E-state index contributed by atoms with van der Waals surface area (Å²) in [4.78, 5) is 12.0. The molecule has 0 aromatic heterocycles. The molecule has 0 heterocycles. The van der Waals surface area contributed by atoms with Gasteiger partial charge in [-0.15, -0.1) is 12.4 Å². The Morgan fingerprint density at radius 3 is 1.94 bits per heavy atom. The highest BCUT2D eigenvalue weighted by atomic mass is 35.5. The highest BCUT2D eigenvalue weighted by Crippen LogP contribution is 2.62. The predicted octanol–water partition coefficient (Wildman–Crippen LogP) is 2.86. The van der Waals surface area contributed by atoms with E-state index in [9.17, 15) is 4.79 Å². The first-order valence-electron chi connectivity index (χ1n) is 5.93. The number of anilines is 1. The fourth-order valence-electron chi connectivity index (χ4n) is 2.41. The number of carbonyl (C=O) groups excluding carboxylic acids is 1. The van der Waals surface area contributed by atoms with E-state index in [-0.39, 0.29) is 35.2 Å². The van der Waals surface area contributed by atoms with Crippen LogP contribution in [-0.2, 0) is 0 Å². The van der Waals surface area contributed by atoms with Crippen molar-refractivity contribution < 1.29 is 4.79 Å². The number of hydrogen-bond acceptors (Lipinski definition) is 2. The van der Waals surface area contributed by atoms with Crippen LogP contribution in [0.1, 0.15) is 38.1 Å². The van der Waals surface area contributed by atoms with E-state index in [1.807, 2.05) is 0 Å². The minimum Gasteiger partial charge on any atom is -0.399 e. The molecule has 0 bridgehead atoms. The zero-order valence-electron chi connectivity index (χ0n) is 11.3. The van der Waals surface area contributed by atoms with Crippen LogP contribution in [0.3, 0.4) is 0 Å². The molecule has 0 atom stereocenters. The summed E-state index contributed by atoms with van der Waals surface area (Å²) in [5.41, 5.74) is 7.26. The maximum Gasteiger partial charge on any atom is 0.251 e. The number of nitrogens with two attached hydrogens (primary N) is 1. The molecule has 3 nitrogen and oxygen atoms in total. The maximum atomic E-state index is 12.0. The summed E-state index contributed by atoms with van der Waals surface area (Å²) >= 11 is 0. The molecule has 1 fully saturated rings. The van der Waals surface area contributed by atoms with Crippen LogP contribution in [0.2, 0.25) is 0 Å². The minimum absolute atomic E-state index is 0. The molecular formula is C14H21ClN2O. The molecule has 1 aliphatic carbocycles. The average molecular weight is 269 g/mol. The van der Waals surface area contributed by atoms with Crippen molar-refractivity contribution in [2.24, 2.45) is 10.8 Å². The van der Waals surface area contributed by atoms with Gasteiger partial charge in [0.05, 0.1) is 0 Å². The van der Waals surface area contributed by atoms with Crippen LogP contribution in [0.15, 0.2) is 24.3 Å². The minimum atomic E-state index is -0.0198. The number of nitrogen functional groups attached to an aromatic ring is 1. The van der Waals surface area contributed by atoms with Gasteiger partial charge in [0.25, 0.3) is 5.91 Å². The van der Waals surface area contributed by atoms with Crippen molar-refractivity contribution in [1.29, 1.82) is 0 Å². The second-order valence-electron chi connectivity index (χ2n) is 5.97. The second-order valence-corrected chi connectivity index (χ2v) is 5.97. The van der Waals surface area contributed by atoms with E-state index in [1.54, 1.807) is 24.3 Å². The molecule has 3 N–H and O–H groups in total. The summed E-state index contributed by atoms with van der Waals surface area (Å²) in [6.07, 6.45) is 0. The van der Waals surface area contributed by atoms with Crippen molar-refractivity contribution in [3.63, 3.8) is 0 Å². The molecule has 100 valence electrons. The normalized spacial score (nSPS) is 19.8. The van der Waals surface area contributed by atoms with Crippen molar-refractivity contribution in [1.82, 2.24) is 5.32 Å². The fraction of sp³-hybridized carbons (Fsp3) is 0.500. The van der Waals surface area contributed by atoms with E-state index in [4.69, 9.17) is 5.73 Å². The molecule has 1 aliphatic rings. The molecule has 1 aromatic carbocycles. The number of benzene rings is 1. The number of halogens is 1. The Kier molecular flexibility index (Phi) is 3.68. The summed E-state index contributed by atoms with van der Waals surface area (Å²) in [5, 5.41) is 3.09. The second kappa shape index (κ2) is 4.47. The molecule has 0 unspecified atom stereocenters. The van der Waals surface area contributed by atoms with E-state index in [2.05, 4.69) is 33.0 Å². The Labute approximate surface area is 115 Å². The predicted molar refractivity (Wildman–Crippen MR) is 76.9 cm³/mol. The molecule has 0 spiro atoms. The van der Waals surface area contributed by atoms with Gasteiger partial charge in [-0.3, -0.25) is 4.79 Å². The van der Waals surface area contributed by atoms with E-state index >= 15 is 0 Å². The molecule has 0 radical (unpaired) electrons. The highest BCUT2D eigenvalue weighted by molar-refractivity contribution is 5.95. The lowest BCUT2D eigenvalue weighted by molar-refractivity contribution is 0.0943. The van der Waals surface area contributed by atoms with E-state index < -0.39 is 0 Å². The molecule has 2 rings (SSSR count). The molecule has 1 amide bonds. The first-order chi connectivity index (χ1) is 7.76. The summed E-state index contributed by atoms with van der Waals surface area (Å²) in [6, 6.07) is 7.25. The first kappa shape index (κ1) is 14.8. The molecule has 0 saturated heterocycles. The van der Waals surface area contributed by atoms with E-state index in [0.29, 0.717) is 11.3 Å². The summed E-state index contributed by atoms with van der Waals surface area (Å²) < 4.78 is 0. The third kappa shape index (κ3) is 2.19. The van der Waals surface area contributed by atoms with Gasteiger partial charge in [0.1, 0.15) is 0 Å². The quantitative estimate of drug-likeness (QED) is 0.811. The van der Waals surface area contributed by atoms with Crippen molar-refractivity contribution in [3.05, 3.63) is 29.8 Å². The first-order valence-corrected chi connectivity index (χ1v) is 5.93. The van der Waals surface area contributed by atoms with Crippen LogP contribution < -0.4 is 11.1 Å². The van der Waals surface area contributed by atoms with Crippen LogP contribution in [-0.4, -0.2) is 11.9 Å². The zero-order valence-corrected chi connectivity index (χ0v) is 12.1. The zero-order chi connectivity index (χ0) is 12.8. The van der Waals surface area contributed by atoms with Gasteiger partial charge in [0.15, 0.2) is 0 Å². The fourth-order valence-corrected chi connectivity index (χ4v) is 2.41. The Morgan fingerprint density at radius 2 is 1.56 bits per heavy atom. The highest BCUT2D eigenvalue weighted by Gasteiger charge is 2.65. The SMILES string of the molecule is CC1(C)C(NC(=O)c2ccc(N)cc2)C1(C)C.Cl. The van der Waals surface area contributed by atoms with Crippen molar-refractivity contribution in [2.75, 3.05) is 5.73 Å². The molecule has 1 aromatic rings. The van der Waals surface area contributed by atoms with Crippen molar-refractivity contribution >= 4 is 24.0 Å². The maximum absolute atomic E-state index is 12.0. The van der Waals surface area contributed by atoms with Crippen molar-refractivity contribution in [3.8, 4) is 0 Å². The Balaban J connectivity index is 0.00000162. The van der Waals surface area contributed by atoms with E-state index in [1.165, 1.54) is 0 Å². The largest absolute Gasteiger partial charge is 0.399 e. The van der Waals surface area contributed by atoms with Crippen LogP contribution in [0, 0.1) is 10.8 Å². The standard InChI is InChI=1S/C14H20N2O.ClH/c1-13(2)12(14(13,3)4)16-11(17)9-5-7-10(15)8-6-9;/h5-8,12H,15H2,1-4H3,(H,16,17);1H. The summed E-state index contributed by atoms with van der Waals surface area (Å²) in [7, 11) is 0. The summed E-state index contributed by atoms with van der Waals surface area (Å²) in [6.45, 7) is 8.73. The van der Waals surface area contributed by atoms with Gasteiger partial charge in [-0.05, 0) is 35.1 Å². The Morgan fingerprint density at radius 1 is 1.11 bits per heavy atom. The Hall–Kier alpha value is -1.22. The molecule has 4 heteroatoms. The lowest BCUT2D eigenvalue weighted by atomic mass is 10.0. The van der Waals surface area contributed by atoms with Gasteiger partial charge in [-0.2, -0.15) is 0 Å². The lowest BCUT2D eigenvalue weighted by Gasteiger charge is -2.07. The average Bonchev–Trinajstić information content (AvgIpc) is 2.62. The van der Waals surface area contributed by atoms with E-state index in [0.717, 1.165) is 0 Å². The van der Waals surface area contributed by atoms with Crippen LogP contribution in [0.25, 0.3) is 0 Å². The van der Waals surface area contributed by atoms with Crippen molar-refractivity contribution in [2.45, 2.75) is 33.7 Å². The third-order valence-electron chi connectivity index (χ3n) is 4.47. The monoisotopic (exact) mass is 268 g/mol. The molecule has 1 saturated carbocycles. The smallest absolute Gasteiger partial charge is 0.251 e. The number of rotatable bonds is 2. The van der Waals surface area contributed by atoms with Gasteiger partial charge in [0, 0.05) is 17.3 Å². The number of carbonyl (C=O) groups is 1. The lowest BCUT2D eigenvalue weighted by Crippen LogP contribution is -2.29. The van der Waals surface area contributed by atoms with Crippen LogP contribution in [0.5, 0.6) is 0 Å². The molecular weight excluding hydrogens is 248 g/mol. The van der Waals surface area contributed by atoms with Gasteiger partial charge >= 0.3 is 0 Å². The Bertz CT molecular complexity index is 437.